The maximum atomic E-state index is 12.3. The first-order valence-corrected chi connectivity index (χ1v) is 7.77. The molecule has 2 amide bonds. The van der Waals surface area contributed by atoms with Crippen LogP contribution < -0.4 is 15.6 Å². The maximum absolute atomic E-state index is 12.3. The second kappa shape index (κ2) is 6.15. The normalized spacial score (nSPS) is 16.3. The van der Waals surface area contributed by atoms with Crippen molar-refractivity contribution >= 4 is 23.2 Å². The van der Waals surface area contributed by atoms with Crippen LogP contribution in [0.4, 0.5) is 0 Å². The van der Waals surface area contributed by atoms with E-state index in [1.54, 1.807) is 12.4 Å². The van der Waals surface area contributed by atoms with E-state index in [9.17, 15) is 9.59 Å². The molecule has 0 bridgehead atoms. The summed E-state index contributed by atoms with van der Waals surface area (Å²) in [7, 11) is 0. The van der Waals surface area contributed by atoms with E-state index in [0.29, 0.717) is 23.6 Å². The van der Waals surface area contributed by atoms with Gasteiger partial charge in [-0.05, 0) is 19.4 Å². The first kappa shape index (κ1) is 14.5. The van der Waals surface area contributed by atoms with Gasteiger partial charge >= 0.3 is 0 Å². The van der Waals surface area contributed by atoms with E-state index in [1.165, 1.54) is 11.3 Å². The largest absolute Gasteiger partial charge is 0.493 e. The fraction of sp³-hybridized carbons (Fsp3) is 0.267. The number of ether oxygens (including phenoxy) is 1. The molecule has 0 saturated heterocycles. The number of amides is 2. The van der Waals surface area contributed by atoms with Crippen LogP contribution in [-0.2, 0) is 4.79 Å². The van der Waals surface area contributed by atoms with Gasteiger partial charge in [0.1, 0.15) is 10.6 Å². The summed E-state index contributed by atoms with van der Waals surface area (Å²) in [5.41, 5.74) is 8.02. The minimum atomic E-state index is -0.353. The number of benzene rings is 1. The molecule has 0 aliphatic carbocycles. The molecule has 0 spiro atoms. The summed E-state index contributed by atoms with van der Waals surface area (Å²) in [6.07, 6.45) is 0.582. The molecule has 0 saturated carbocycles. The van der Waals surface area contributed by atoms with Crippen molar-refractivity contribution in [1.29, 1.82) is 0 Å². The maximum Gasteiger partial charge on any atom is 0.281 e. The molecule has 1 aromatic heterocycles. The molecule has 2 heterocycles. The minimum Gasteiger partial charge on any atom is -0.493 e. The van der Waals surface area contributed by atoms with Crippen molar-refractivity contribution in [3.63, 3.8) is 0 Å². The monoisotopic (exact) mass is 317 g/mol. The number of carbonyl (C=O) groups excluding carboxylic acids is 2. The third kappa shape index (κ3) is 2.80. The predicted octanol–water partition coefficient (Wildman–Crippen LogP) is 1.78. The average Bonchev–Trinajstić information content (AvgIpc) is 2.98. The van der Waals surface area contributed by atoms with Crippen LogP contribution in [0.2, 0.25) is 0 Å². The number of aromatic nitrogens is 1. The Hall–Kier alpha value is -2.41. The van der Waals surface area contributed by atoms with E-state index in [4.69, 9.17) is 4.74 Å². The van der Waals surface area contributed by atoms with Crippen molar-refractivity contribution in [2.45, 2.75) is 19.3 Å². The summed E-state index contributed by atoms with van der Waals surface area (Å²) < 4.78 is 5.53. The Morgan fingerprint density at radius 3 is 2.91 bits per heavy atom. The van der Waals surface area contributed by atoms with Crippen LogP contribution in [-0.4, -0.2) is 23.4 Å². The van der Waals surface area contributed by atoms with Crippen molar-refractivity contribution in [2.24, 2.45) is 0 Å². The van der Waals surface area contributed by atoms with Gasteiger partial charge in [0, 0.05) is 5.56 Å². The van der Waals surface area contributed by atoms with Crippen LogP contribution >= 0.6 is 11.3 Å². The van der Waals surface area contributed by atoms with Gasteiger partial charge in [-0.15, -0.1) is 11.3 Å². The lowest BCUT2D eigenvalue weighted by Crippen LogP contribution is -2.44. The smallest absolute Gasteiger partial charge is 0.281 e. The second-order valence-corrected chi connectivity index (χ2v) is 5.79. The lowest BCUT2D eigenvalue weighted by atomic mass is 9.92. The highest BCUT2D eigenvalue weighted by Gasteiger charge is 2.27. The first-order valence-electron chi connectivity index (χ1n) is 6.89. The lowest BCUT2D eigenvalue weighted by molar-refractivity contribution is -0.124. The third-order valence-corrected chi connectivity index (χ3v) is 4.45. The molecule has 114 valence electrons. The molecule has 1 aromatic carbocycles. The molecule has 1 atom stereocenters. The van der Waals surface area contributed by atoms with E-state index >= 15 is 0 Å². The van der Waals surface area contributed by atoms with Gasteiger partial charge in [0.15, 0.2) is 0 Å². The molecule has 1 aliphatic rings. The van der Waals surface area contributed by atoms with E-state index < -0.39 is 0 Å². The number of aryl methyl sites for hydroxylation is 1. The van der Waals surface area contributed by atoms with Gasteiger partial charge in [0.2, 0.25) is 5.91 Å². The minimum absolute atomic E-state index is 0.244. The molecule has 7 heteroatoms. The second-order valence-electron chi connectivity index (χ2n) is 4.94. The fourth-order valence-corrected chi connectivity index (χ4v) is 3.09. The van der Waals surface area contributed by atoms with Gasteiger partial charge in [-0.25, -0.2) is 4.98 Å². The van der Waals surface area contributed by atoms with Crippen LogP contribution in [0.25, 0.3) is 0 Å². The van der Waals surface area contributed by atoms with E-state index in [0.717, 1.165) is 11.3 Å². The van der Waals surface area contributed by atoms with Gasteiger partial charge in [-0.1, -0.05) is 18.2 Å². The summed E-state index contributed by atoms with van der Waals surface area (Å²) >= 11 is 1.24. The molecule has 2 N–H and O–H groups in total. The summed E-state index contributed by atoms with van der Waals surface area (Å²) in [6, 6.07) is 7.45. The number of thiazole rings is 1. The average molecular weight is 317 g/mol. The van der Waals surface area contributed by atoms with Gasteiger partial charge in [0.25, 0.3) is 5.91 Å². The topological polar surface area (TPSA) is 80.3 Å². The number of nitrogens with one attached hydrogen (secondary N) is 2. The van der Waals surface area contributed by atoms with Crippen molar-refractivity contribution in [1.82, 2.24) is 15.8 Å². The molecular formula is C15H15N3O3S. The molecule has 1 unspecified atom stereocenters. The zero-order valence-electron chi connectivity index (χ0n) is 12.0. The zero-order valence-corrected chi connectivity index (χ0v) is 12.8. The van der Waals surface area contributed by atoms with Crippen LogP contribution in [0.15, 0.2) is 29.8 Å². The number of hydrogen-bond acceptors (Lipinski definition) is 5. The number of carbonyl (C=O) groups is 2. The SMILES string of the molecule is Cc1ncsc1C(=O)NNC(=O)C1CCOc2ccccc21. The summed E-state index contributed by atoms with van der Waals surface area (Å²) in [5, 5.41) is 0. The number of hydrazine groups is 1. The van der Waals surface area contributed by atoms with Crippen molar-refractivity contribution in [2.75, 3.05) is 6.61 Å². The van der Waals surface area contributed by atoms with Crippen LogP contribution in [0, 0.1) is 6.92 Å². The number of para-hydroxylation sites is 1. The molecule has 6 nitrogen and oxygen atoms in total. The van der Waals surface area contributed by atoms with Crippen LogP contribution in [0.1, 0.15) is 33.3 Å². The summed E-state index contributed by atoms with van der Waals surface area (Å²) in [4.78, 5) is 28.8. The van der Waals surface area contributed by atoms with Crippen molar-refractivity contribution in [3.05, 3.63) is 45.9 Å². The third-order valence-electron chi connectivity index (χ3n) is 3.53. The van der Waals surface area contributed by atoms with E-state index in [-0.39, 0.29) is 17.7 Å². The number of rotatable bonds is 2. The standard InChI is InChI=1S/C15H15N3O3S/c1-9-13(22-8-16-9)15(20)18-17-14(19)11-6-7-21-12-5-3-2-4-10(11)12/h2-5,8,11H,6-7H2,1H3,(H,17,19)(H,18,20). The number of fused-ring (bicyclic) bond motifs is 1. The molecule has 0 fully saturated rings. The molecule has 1 aliphatic heterocycles. The zero-order chi connectivity index (χ0) is 15.5. The number of hydrogen-bond donors (Lipinski definition) is 2. The summed E-state index contributed by atoms with van der Waals surface area (Å²) in [6.45, 7) is 2.24. The molecule has 0 radical (unpaired) electrons. The Bertz CT molecular complexity index is 714. The Morgan fingerprint density at radius 2 is 2.14 bits per heavy atom. The predicted molar refractivity (Wildman–Crippen MR) is 81.8 cm³/mol. The van der Waals surface area contributed by atoms with E-state index in [2.05, 4.69) is 15.8 Å². The van der Waals surface area contributed by atoms with Crippen molar-refractivity contribution in [3.8, 4) is 5.75 Å². The Labute approximate surface area is 131 Å². The van der Waals surface area contributed by atoms with Crippen LogP contribution in [0.3, 0.4) is 0 Å². The lowest BCUT2D eigenvalue weighted by Gasteiger charge is -2.25. The highest BCUT2D eigenvalue weighted by molar-refractivity contribution is 7.11. The Kier molecular flexibility index (Phi) is 4.06. The first-order chi connectivity index (χ1) is 10.7. The Morgan fingerprint density at radius 1 is 1.32 bits per heavy atom. The quantitative estimate of drug-likeness (QED) is 0.827. The highest BCUT2D eigenvalue weighted by Crippen LogP contribution is 2.33. The summed E-state index contributed by atoms with van der Waals surface area (Å²) in [5.74, 6) is -0.203. The fourth-order valence-electron chi connectivity index (χ4n) is 2.40. The van der Waals surface area contributed by atoms with Gasteiger partial charge in [0.05, 0.1) is 23.7 Å². The molecule has 2 aromatic rings. The number of nitrogens with zero attached hydrogens (tertiary/aromatic N) is 1. The van der Waals surface area contributed by atoms with Crippen molar-refractivity contribution < 1.29 is 14.3 Å². The van der Waals surface area contributed by atoms with Crippen LogP contribution in [0.5, 0.6) is 5.75 Å². The van der Waals surface area contributed by atoms with Gasteiger partial charge in [-0.2, -0.15) is 0 Å². The highest BCUT2D eigenvalue weighted by atomic mass is 32.1. The van der Waals surface area contributed by atoms with Gasteiger partial charge < -0.3 is 4.74 Å². The Balaban J connectivity index is 1.66. The van der Waals surface area contributed by atoms with Gasteiger partial charge in [-0.3, -0.25) is 20.4 Å². The molecule has 22 heavy (non-hydrogen) atoms. The molecule has 3 rings (SSSR count). The van der Waals surface area contributed by atoms with E-state index in [1.807, 2.05) is 24.3 Å². The molecular weight excluding hydrogens is 302 g/mol.